The Kier molecular flexibility index (Phi) is 6.83. The maximum Gasteiger partial charge on any atom is 0.247 e. The van der Waals surface area contributed by atoms with Crippen molar-refractivity contribution in [1.29, 1.82) is 0 Å². The minimum Gasteiger partial charge on any atom is -0.344 e. The Morgan fingerprint density at radius 3 is 2.46 bits per heavy atom. The van der Waals surface area contributed by atoms with Crippen molar-refractivity contribution in [3.63, 3.8) is 0 Å². The van der Waals surface area contributed by atoms with E-state index in [1.165, 1.54) is 0 Å². The summed E-state index contributed by atoms with van der Waals surface area (Å²) in [6, 6.07) is 3.60. The number of piperidine rings is 1. The van der Waals surface area contributed by atoms with Gasteiger partial charge in [0.25, 0.3) is 0 Å². The van der Waals surface area contributed by atoms with Crippen molar-refractivity contribution in [2.24, 2.45) is 5.92 Å². The smallest absolute Gasteiger partial charge is 0.247 e. The number of amides is 3. The minimum atomic E-state index is -0.652. The molecule has 1 aliphatic carbocycles. The second kappa shape index (κ2) is 9.14. The van der Waals surface area contributed by atoms with Crippen molar-refractivity contribution >= 4 is 46.6 Å². The third kappa shape index (κ3) is 4.78. The van der Waals surface area contributed by atoms with Crippen LogP contribution in [-0.4, -0.2) is 41.2 Å². The average molecular weight is 426 g/mol. The van der Waals surface area contributed by atoms with Crippen LogP contribution < -0.4 is 10.6 Å². The van der Waals surface area contributed by atoms with Gasteiger partial charge in [-0.15, -0.1) is 0 Å². The van der Waals surface area contributed by atoms with Crippen molar-refractivity contribution in [3.8, 4) is 0 Å². The van der Waals surface area contributed by atoms with E-state index in [1.807, 2.05) is 0 Å². The molecule has 28 heavy (non-hydrogen) atoms. The molecular formula is C20H25Cl2N3O3. The van der Waals surface area contributed by atoms with E-state index in [1.54, 1.807) is 30.0 Å². The molecule has 2 aliphatic rings. The van der Waals surface area contributed by atoms with Gasteiger partial charge >= 0.3 is 0 Å². The molecule has 1 heterocycles. The molecular weight excluding hydrogens is 401 g/mol. The fourth-order valence-electron chi connectivity index (χ4n) is 3.59. The van der Waals surface area contributed by atoms with Crippen molar-refractivity contribution in [2.45, 2.75) is 57.5 Å². The van der Waals surface area contributed by atoms with Crippen molar-refractivity contribution in [2.75, 3.05) is 11.9 Å². The Balaban J connectivity index is 1.65. The number of carbonyl (C=O) groups is 3. The SMILES string of the molecule is CC(NC(=O)C1CCC1)C(=O)N1CCCCC1C(=O)Nc1ccc(Cl)cc1Cl. The predicted octanol–water partition coefficient (Wildman–Crippen LogP) is 3.62. The van der Waals surface area contributed by atoms with Crippen molar-refractivity contribution in [3.05, 3.63) is 28.2 Å². The number of halogens is 2. The van der Waals surface area contributed by atoms with E-state index in [0.29, 0.717) is 28.7 Å². The third-order valence-corrected chi connectivity index (χ3v) is 6.03. The van der Waals surface area contributed by atoms with Crippen LogP contribution in [0.4, 0.5) is 5.69 Å². The van der Waals surface area contributed by atoms with Crippen LogP contribution in [-0.2, 0) is 14.4 Å². The number of hydrogen-bond donors (Lipinski definition) is 2. The highest BCUT2D eigenvalue weighted by atomic mass is 35.5. The fourth-order valence-corrected chi connectivity index (χ4v) is 4.04. The second-order valence-corrected chi connectivity index (χ2v) is 8.36. The molecule has 2 fully saturated rings. The number of carbonyl (C=O) groups excluding carboxylic acids is 3. The van der Waals surface area contributed by atoms with Gasteiger partial charge in [-0.1, -0.05) is 29.6 Å². The molecule has 0 spiro atoms. The lowest BCUT2D eigenvalue weighted by molar-refractivity contribution is -0.143. The molecule has 1 saturated carbocycles. The maximum atomic E-state index is 12.9. The number of benzene rings is 1. The first-order valence-corrected chi connectivity index (χ1v) is 10.5. The van der Waals surface area contributed by atoms with E-state index in [4.69, 9.17) is 23.2 Å². The molecule has 3 amide bonds. The molecule has 0 radical (unpaired) electrons. The van der Waals surface area contributed by atoms with E-state index in [9.17, 15) is 14.4 Å². The van der Waals surface area contributed by atoms with Gasteiger partial charge in [0.15, 0.2) is 0 Å². The van der Waals surface area contributed by atoms with E-state index in [0.717, 1.165) is 32.1 Å². The van der Waals surface area contributed by atoms with Gasteiger partial charge in [0, 0.05) is 17.5 Å². The highest BCUT2D eigenvalue weighted by Gasteiger charge is 2.36. The molecule has 152 valence electrons. The molecule has 2 unspecified atom stereocenters. The number of anilines is 1. The van der Waals surface area contributed by atoms with Crippen LogP contribution in [0.2, 0.25) is 10.0 Å². The van der Waals surface area contributed by atoms with Crippen LogP contribution in [0, 0.1) is 5.92 Å². The normalized spacial score (nSPS) is 20.8. The molecule has 1 aliphatic heterocycles. The summed E-state index contributed by atoms with van der Waals surface area (Å²) >= 11 is 12.0. The molecule has 1 saturated heterocycles. The number of hydrogen-bond acceptors (Lipinski definition) is 3. The zero-order valence-electron chi connectivity index (χ0n) is 15.8. The summed E-state index contributed by atoms with van der Waals surface area (Å²) in [6.07, 6.45) is 5.08. The quantitative estimate of drug-likeness (QED) is 0.755. The van der Waals surface area contributed by atoms with Gasteiger partial charge in [0.05, 0.1) is 10.7 Å². The van der Waals surface area contributed by atoms with Gasteiger partial charge in [-0.05, 0) is 57.2 Å². The zero-order chi connectivity index (χ0) is 20.3. The monoisotopic (exact) mass is 425 g/mol. The lowest BCUT2D eigenvalue weighted by Crippen LogP contribution is -2.56. The highest BCUT2D eigenvalue weighted by Crippen LogP contribution is 2.28. The van der Waals surface area contributed by atoms with Gasteiger partial charge in [-0.2, -0.15) is 0 Å². The highest BCUT2D eigenvalue weighted by molar-refractivity contribution is 6.36. The summed E-state index contributed by atoms with van der Waals surface area (Å²) in [5.41, 5.74) is 0.459. The molecule has 0 aromatic heterocycles. The number of rotatable bonds is 5. The number of nitrogens with zero attached hydrogens (tertiary/aromatic N) is 1. The van der Waals surface area contributed by atoms with Gasteiger partial charge < -0.3 is 15.5 Å². The Morgan fingerprint density at radius 1 is 1.07 bits per heavy atom. The van der Waals surface area contributed by atoms with Gasteiger partial charge in [-0.25, -0.2) is 0 Å². The van der Waals surface area contributed by atoms with Crippen molar-refractivity contribution in [1.82, 2.24) is 10.2 Å². The van der Waals surface area contributed by atoms with Gasteiger partial charge in [0.2, 0.25) is 17.7 Å². The van der Waals surface area contributed by atoms with E-state index in [2.05, 4.69) is 10.6 Å². The summed E-state index contributed by atoms with van der Waals surface area (Å²) in [5.74, 6) is -0.565. The number of nitrogens with one attached hydrogen (secondary N) is 2. The fraction of sp³-hybridized carbons (Fsp3) is 0.550. The Labute approximate surface area is 174 Å². The summed E-state index contributed by atoms with van der Waals surface area (Å²) in [6.45, 7) is 2.17. The first-order chi connectivity index (χ1) is 13.4. The molecule has 8 heteroatoms. The third-order valence-electron chi connectivity index (χ3n) is 5.48. The van der Waals surface area contributed by atoms with E-state index < -0.39 is 12.1 Å². The molecule has 1 aromatic carbocycles. The second-order valence-electron chi connectivity index (χ2n) is 7.51. The minimum absolute atomic E-state index is 0.0164. The Morgan fingerprint density at radius 2 is 1.82 bits per heavy atom. The number of likely N-dealkylation sites (tertiary alicyclic amines) is 1. The average Bonchev–Trinajstić information content (AvgIpc) is 2.61. The molecule has 0 bridgehead atoms. The summed E-state index contributed by atoms with van der Waals surface area (Å²) in [5, 5.41) is 6.43. The first kappa shape index (κ1) is 20.9. The lowest BCUT2D eigenvalue weighted by Gasteiger charge is -2.37. The predicted molar refractivity (Wildman–Crippen MR) is 109 cm³/mol. The maximum absolute atomic E-state index is 12.9. The molecule has 1 aromatic rings. The zero-order valence-corrected chi connectivity index (χ0v) is 17.4. The van der Waals surface area contributed by atoms with Crippen LogP contribution >= 0.6 is 23.2 Å². The van der Waals surface area contributed by atoms with Crippen LogP contribution in [0.15, 0.2) is 18.2 Å². The van der Waals surface area contributed by atoms with Crippen LogP contribution in [0.3, 0.4) is 0 Å². The standard InChI is InChI=1S/C20H25Cl2N3O3/c1-12(23-18(26)13-5-4-6-13)20(28)25-10-3-2-7-17(25)19(27)24-16-9-8-14(21)11-15(16)22/h8-9,11-13,17H,2-7,10H2,1H3,(H,23,26)(H,24,27). The van der Waals surface area contributed by atoms with Gasteiger partial charge in [0.1, 0.15) is 12.1 Å². The molecule has 6 nitrogen and oxygen atoms in total. The first-order valence-electron chi connectivity index (χ1n) is 9.73. The van der Waals surface area contributed by atoms with E-state index in [-0.39, 0.29) is 23.6 Å². The molecule has 2 N–H and O–H groups in total. The largest absolute Gasteiger partial charge is 0.344 e. The van der Waals surface area contributed by atoms with E-state index >= 15 is 0 Å². The lowest BCUT2D eigenvalue weighted by atomic mass is 9.84. The van der Waals surface area contributed by atoms with Gasteiger partial charge in [-0.3, -0.25) is 14.4 Å². The topological polar surface area (TPSA) is 78.5 Å². The molecule has 2 atom stereocenters. The van der Waals surface area contributed by atoms with Crippen molar-refractivity contribution < 1.29 is 14.4 Å². The van der Waals surface area contributed by atoms with Crippen LogP contribution in [0.1, 0.15) is 45.4 Å². The van der Waals surface area contributed by atoms with Crippen LogP contribution in [0.5, 0.6) is 0 Å². The Bertz CT molecular complexity index is 767. The summed E-state index contributed by atoms with van der Waals surface area (Å²) < 4.78 is 0. The Hall–Kier alpha value is -1.79. The molecule has 3 rings (SSSR count). The summed E-state index contributed by atoms with van der Waals surface area (Å²) in [7, 11) is 0. The summed E-state index contributed by atoms with van der Waals surface area (Å²) in [4.78, 5) is 39.5. The van der Waals surface area contributed by atoms with Crippen LogP contribution in [0.25, 0.3) is 0 Å².